The molecule has 1 fully saturated rings. The Morgan fingerprint density at radius 2 is 1.63 bits per heavy atom. The summed E-state index contributed by atoms with van der Waals surface area (Å²) < 4.78 is 11.1. The molecular weight excluding hydrogens is 362 g/mol. The van der Waals surface area contributed by atoms with E-state index < -0.39 is 0 Å². The number of ether oxygens (including phenoxy) is 2. The molecule has 2 heterocycles. The zero-order valence-corrected chi connectivity index (χ0v) is 16.4. The van der Waals surface area contributed by atoms with E-state index in [9.17, 15) is 5.11 Å². The Hall–Kier alpha value is -2.17. The number of halogens is 1. The SMILES string of the molecule is COc1cc2c3c(c4cc(O)ccc4c2cc1OC)C[C@@H]1CCCN1C3.Cl. The van der Waals surface area contributed by atoms with Gasteiger partial charge in [0.2, 0.25) is 0 Å². The summed E-state index contributed by atoms with van der Waals surface area (Å²) in [5.74, 6) is 1.83. The second kappa shape index (κ2) is 6.77. The van der Waals surface area contributed by atoms with Crippen LogP contribution in [0.4, 0.5) is 0 Å². The molecule has 0 radical (unpaired) electrons. The van der Waals surface area contributed by atoms with Gasteiger partial charge in [0.15, 0.2) is 11.5 Å². The molecule has 2 aliphatic rings. The predicted molar refractivity (Wildman–Crippen MR) is 111 cm³/mol. The highest BCUT2D eigenvalue weighted by atomic mass is 35.5. The lowest BCUT2D eigenvalue weighted by Gasteiger charge is -2.33. The zero-order chi connectivity index (χ0) is 17.8. The molecule has 3 aromatic rings. The lowest BCUT2D eigenvalue weighted by Crippen LogP contribution is -2.35. The summed E-state index contributed by atoms with van der Waals surface area (Å²) >= 11 is 0. The van der Waals surface area contributed by atoms with E-state index >= 15 is 0 Å². The molecular formula is C22H24ClNO3. The Morgan fingerprint density at radius 1 is 0.926 bits per heavy atom. The number of hydrogen-bond donors (Lipinski definition) is 1. The standard InChI is InChI=1S/C22H23NO3.ClH/c1-25-21-10-18-15-6-5-14(24)9-17(15)16-8-13-4-3-7-23(13)12-20(16)19(18)11-22(21)26-2;/h5-6,9-11,13,24H,3-4,7-8,12H2,1-2H3;1H/t13-;/m0./s1. The average Bonchev–Trinajstić information content (AvgIpc) is 3.13. The quantitative estimate of drug-likeness (QED) is 0.651. The number of rotatable bonds is 2. The normalized spacial score (nSPS) is 18.8. The van der Waals surface area contributed by atoms with Crippen molar-refractivity contribution in [2.24, 2.45) is 0 Å². The molecule has 0 spiro atoms. The van der Waals surface area contributed by atoms with Gasteiger partial charge in [0.25, 0.3) is 0 Å². The molecule has 5 heteroatoms. The van der Waals surface area contributed by atoms with E-state index in [1.165, 1.54) is 46.7 Å². The monoisotopic (exact) mass is 385 g/mol. The maximum atomic E-state index is 10.1. The van der Waals surface area contributed by atoms with Crippen LogP contribution in [0.25, 0.3) is 21.5 Å². The van der Waals surface area contributed by atoms with Crippen molar-refractivity contribution >= 4 is 34.0 Å². The molecule has 0 amide bonds. The fourth-order valence-corrected chi connectivity index (χ4v) is 4.88. The molecule has 0 aromatic heterocycles. The number of aromatic hydroxyl groups is 1. The van der Waals surface area contributed by atoms with E-state index in [2.05, 4.69) is 17.0 Å². The van der Waals surface area contributed by atoms with Crippen LogP contribution in [0.15, 0.2) is 30.3 Å². The summed E-state index contributed by atoms with van der Waals surface area (Å²) in [4.78, 5) is 2.60. The number of phenols is 1. The first-order valence-electron chi connectivity index (χ1n) is 9.26. The van der Waals surface area contributed by atoms with Crippen LogP contribution in [0, 0.1) is 0 Å². The van der Waals surface area contributed by atoms with Crippen LogP contribution in [-0.4, -0.2) is 36.8 Å². The fourth-order valence-electron chi connectivity index (χ4n) is 4.88. The Morgan fingerprint density at radius 3 is 2.37 bits per heavy atom. The first kappa shape index (κ1) is 18.2. The van der Waals surface area contributed by atoms with Crippen molar-refractivity contribution in [2.75, 3.05) is 20.8 Å². The van der Waals surface area contributed by atoms with Crippen molar-refractivity contribution in [1.29, 1.82) is 0 Å². The molecule has 4 nitrogen and oxygen atoms in total. The molecule has 1 atom stereocenters. The average molecular weight is 386 g/mol. The second-order valence-corrected chi connectivity index (χ2v) is 7.41. The number of phenolic OH excluding ortho intramolecular Hbond substituents is 1. The molecule has 5 rings (SSSR count). The van der Waals surface area contributed by atoms with Gasteiger partial charge in [-0.15, -0.1) is 12.4 Å². The topological polar surface area (TPSA) is 41.9 Å². The van der Waals surface area contributed by atoms with Crippen LogP contribution < -0.4 is 9.47 Å². The van der Waals surface area contributed by atoms with E-state index in [0.717, 1.165) is 29.9 Å². The van der Waals surface area contributed by atoms with Crippen LogP contribution in [0.1, 0.15) is 24.0 Å². The van der Waals surface area contributed by atoms with Crippen molar-refractivity contribution in [3.63, 3.8) is 0 Å². The Kier molecular flexibility index (Phi) is 4.57. The Labute approximate surface area is 165 Å². The minimum absolute atomic E-state index is 0. The van der Waals surface area contributed by atoms with E-state index in [1.54, 1.807) is 20.3 Å². The van der Waals surface area contributed by atoms with Crippen molar-refractivity contribution in [2.45, 2.75) is 31.8 Å². The highest BCUT2D eigenvalue weighted by Gasteiger charge is 2.32. The minimum atomic E-state index is 0. The number of hydrogen-bond acceptors (Lipinski definition) is 4. The van der Waals surface area contributed by atoms with E-state index in [1.807, 2.05) is 12.1 Å². The largest absolute Gasteiger partial charge is 0.508 e. The van der Waals surface area contributed by atoms with Gasteiger partial charge >= 0.3 is 0 Å². The summed E-state index contributed by atoms with van der Waals surface area (Å²) in [5, 5.41) is 14.9. The van der Waals surface area contributed by atoms with E-state index in [-0.39, 0.29) is 12.4 Å². The van der Waals surface area contributed by atoms with E-state index in [4.69, 9.17) is 9.47 Å². The first-order valence-corrected chi connectivity index (χ1v) is 9.26. The number of fused-ring (bicyclic) bond motifs is 7. The number of methoxy groups -OCH3 is 2. The molecule has 0 bridgehead atoms. The van der Waals surface area contributed by atoms with Crippen LogP contribution in [0.5, 0.6) is 17.2 Å². The predicted octanol–water partition coefficient (Wildman–Crippen LogP) is 4.66. The summed E-state index contributed by atoms with van der Waals surface area (Å²) in [5.41, 5.74) is 2.76. The highest BCUT2D eigenvalue weighted by Crippen LogP contribution is 2.44. The summed E-state index contributed by atoms with van der Waals surface area (Å²) in [6, 6.07) is 10.6. The molecule has 0 saturated carbocycles. The molecule has 142 valence electrons. The molecule has 0 unspecified atom stereocenters. The number of benzene rings is 3. The fraction of sp³-hybridized carbons (Fsp3) is 0.364. The third-order valence-corrected chi connectivity index (χ3v) is 6.13. The van der Waals surface area contributed by atoms with Crippen molar-refractivity contribution < 1.29 is 14.6 Å². The summed E-state index contributed by atoms with van der Waals surface area (Å²) in [6.07, 6.45) is 3.60. The Balaban J connectivity index is 0.00000180. The molecule has 1 N–H and O–H groups in total. The third-order valence-electron chi connectivity index (χ3n) is 6.13. The van der Waals surface area contributed by atoms with Gasteiger partial charge in [-0.3, -0.25) is 4.90 Å². The van der Waals surface area contributed by atoms with Crippen molar-refractivity contribution in [1.82, 2.24) is 4.90 Å². The van der Waals surface area contributed by atoms with Crippen molar-refractivity contribution in [3.8, 4) is 17.2 Å². The Bertz CT molecular complexity index is 1030. The van der Waals surface area contributed by atoms with Crippen molar-refractivity contribution in [3.05, 3.63) is 41.5 Å². The van der Waals surface area contributed by atoms with Gasteiger partial charge in [-0.25, -0.2) is 0 Å². The lowest BCUT2D eigenvalue weighted by molar-refractivity contribution is 0.229. The van der Waals surface area contributed by atoms with Crippen LogP contribution >= 0.6 is 12.4 Å². The molecule has 3 aromatic carbocycles. The lowest BCUT2D eigenvalue weighted by atomic mass is 9.85. The maximum Gasteiger partial charge on any atom is 0.161 e. The zero-order valence-electron chi connectivity index (χ0n) is 15.6. The minimum Gasteiger partial charge on any atom is -0.508 e. The maximum absolute atomic E-state index is 10.1. The molecule has 1 saturated heterocycles. The highest BCUT2D eigenvalue weighted by molar-refractivity contribution is 6.12. The molecule has 0 aliphatic carbocycles. The molecule has 27 heavy (non-hydrogen) atoms. The van der Waals surface area contributed by atoms with Crippen LogP contribution in [0.2, 0.25) is 0 Å². The summed E-state index contributed by atoms with van der Waals surface area (Å²) in [7, 11) is 3.36. The van der Waals surface area contributed by atoms with E-state index in [0.29, 0.717) is 11.8 Å². The van der Waals surface area contributed by atoms with Gasteiger partial charge in [0.05, 0.1) is 14.2 Å². The first-order chi connectivity index (χ1) is 12.7. The third kappa shape index (κ3) is 2.70. The van der Waals surface area contributed by atoms with Crippen LogP contribution in [-0.2, 0) is 13.0 Å². The molecule has 2 aliphatic heterocycles. The van der Waals surface area contributed by atoms with Gasteiger partial charge in [-0.05, 0) is 82.7 Å². The number of nitrogens with zero attached hydrogens (tertiary/aromatic N) is 1. The second-order valence-electron chi connectivity index (χ2n) is 7.41. The van der Waals surface area contributed by atoms with Gasteiger partial charge in [0.1, 0.15) is 5.75 Å². The van der Waals surface area contributed by atoms with Gasteiger partial charge in [0, 0.05) is 12.6 Å². The summed E-state index contributed by atoms with van der Waals surface area (Å²) in [6.45, 7) is 2.15. The smallest absolute Gasteiger partial charge is 0.161 e. The van der Waals surface area contributed by atoms with Gasteiger partial charge < -0.3 is 14.6 Å². The van der Waals surface area contributed by atoms with Crippen LogP contribution in [0.3, 0.4) is 0 Å². The van der Waals surface area contributed by atoms with Gasteiger partial charge in [-0.1, -0.05) is 6.07 Å². The van der Waals surface area contributed by atoms with Gasteiger partial charge in [-0.2, -0.15) is 0 Å².